The van der Waals surface area contributed by atoms with Gasteiger partial charge in [0, 0.05) is 24.3 Å². The van der Waals surface area contributed by atoms with Crippen LogP contribution in [0.5, 0.6) is 0 Å². The first-order valence-electron chi connectivity index (χ1n) is 5.29. The fourth-order valence-electron chi connectivity index (χ4n) is 1.55. The molecule has 0 saturated carbocycles. The van der Waals surface area contributed by atoms with Crippen LogP contribution in [-0.4, -0.2) is 29.9 Å². The lowest BCUT2D eigenvalue weighted by Gasteiger charge is -2.20. The average molecular weight is 217 g/mol. The van der Waals surface area contributed by atoms with Crippen molar-refractivity contribution in [2.24, 2.45) is 0 Å². The number of Topliss-reactive ketones (excluding diaryl/α,β-unsaturated/α-hetero) is 1. The number of nitrogens with zero attached hydrogens (tertiary/aromatic N) is 3. The molecule has 0 bridgehead atoms. The van der Waals surface area contributed by atoms with Crippen molar-refractivity contribution in [2.45, 2.75) is 13.8 Å². The van der Waals surface area contributed by atoms with E-state index in [1.165, 1.54) is 0 Å². The number of anilines is 1. The molecule has 0 amide bonds. The second-order valence-corrected chi connectivity index (χ2v) is 3.33. The van der Waals surface area contributed by atoms with Gasteiger partial charge in [-0.3, -0.25) is 4.79 Å². The number of carbonyl (C=O) groups excluding carboxylic acids is 1. The van der Waals surface area contributed by atoms with Crippen molar-refractivity contribution in [3.63, 3.8) is 0 Å². The highest BCUT2D eigenvalue weighted by Gasteiger charge is 2.07. The lowest BCUT2D eigenvalue weighted by Crippen LogP contribution is -2.21. The van der Waals surface area contributed by atoms with Crippen molar-refractivity contribution < 1.29 is 9.58 Å². The molecule has 1 aromatic carbocycles. The van der Waals surface area contributed by atoms with Gasteiger partial charge in [0.05, 0.1) is 0 Å². The lowest BCUT2D eigenvalue weighted by molar-refractivity contribution is 0.00235. The Hall–Kier alpha value is -1.93. The Labute approximate surface area is 95.1 Å². The zero-order chi connectivity index (χ0) is 12.0. The molecule has 84 valence electrons. The van der Waals surface area contributed by atoms with E-state index in [-0.39, 0.29) is 5.78 Å². The van der Waals surface area contributed by atoms with Crippen molar-refractivity contribution in [2.75, 3.05) is 18.0 Å². The van der Waals surface area contributed by atoms with E-state index in [2.05, 4.69) is 23.5 Å². The van der Waals surface area contributed by atoms with Gasteiger partial charge in [0.25, 0.3) is 5.78 Å². The summed E-state index contributed by atoms with van der Waals surface area (Å²) in [5.74, 6) is -0.298. The summed E-state index contributed by atoms with van der Waals surface area (Å²) in [7, 11) is 0. The van der Waals surface area contributed by atoms with Gasteiger partial charge in [-0.1, -0.05) is 0 Å². The Balaban J connectivity index is 2.90. The van der Waals surface area contributed by atoms with Crippen molar-refractivity contribution in [1.82, 2.24) is 0 Å². The molecule has 0 atom stereocenters. The van der Waals surface area contributed by atoms with E-state index in [0.29, 0.717) is 5.56 Å². The average Bonchev–Trinajstić information content (AvgIpc) is 2.32. The summed E-state index contributed by atoms with van der Waals surface area (Å²) < 4.78 is 0. The number of hydrogen-bond donors (Lipinski definition) is 0. The number of benzene rings is 1. The summed E-state index contributed by atoms with van der Waals surface area (Å²) in [6.07, 6.45) is 0.895. The number of hydrogen-bond acceptors (Lipinski definition) is 2. The van der Waals surface area contributed by atoms with Crippen LogP contribution in [0.4, 0.5) is 5.69 Å². The predicted molar refractivity (Wildman–Crippen MR) is 64.0 cm³/mol. The molecule has 0 saturated heterocycles. The molecule has 16 heavy (non-hydrogen) atoms. The normalized spacial score (nSPS) is 9.38. The molecule has 1 aromatic rings. The Morgan fingerprint density at radius 3 is 2.31 bits per heavy atom. The first-order valence-corrected chi connectivity index (χ1v) is 5.29. The minimum Gasteiger partial charge on any atom is -0.372 e. The van der Waals surface area contributed by atoms with Crippen molar-refractivity contribution in [3.05, 3.63) is 35.4 Å². The molecule has 0 aliphatic rings. The molecule has 1 rings (SSSR count). The van der Waals surface area contributed by atoms with E-state index in [4.69, 9.17) is 5.53 Å². The summed E-state index contributed by atoms with van der Waals surface area (Å²) in [5, 5.41) is 0. The van der Waals surface area contributed by atoms with Gasteiger partial charge in [-0.15, -0.1) is 0 Å². The van der Waals surface area contributed by atoms with Crippen LogP contribution in [0.15, 0.2) is 24.3 Å². The van der Waals surface area contributed by atoms with Gasteiger partial charge in [0.15, 0.2) is 0 Å². The first-order chi connectivity index (χ1) is 7.72. The Bertz CT molecular complexity index is 401. The summed E-state index contributed by atoms with van der Waals surface area (Å²) >= 11 is 0. The number of ketones is 1. The molecule has 4 heteroatoms. The van der Waals surface area contributed by atoms with E-state index in [1.54, 1.807) is 12.1 Å². The summed E-state index contributed by atoms with van der Waals surface area (Å²) in [5.41, 5.74) is 9.86. The summed E-state index contributed by atoms with van der Waals surface area (Å²) in [6.45, 7) is 6.03. The standard InChI is InChI=1S/C12H15N3O/c1-3-15(4-2)11-7-5-10(6-8-11)12(16)9-14-13/h5-9H,3-4H2,1-2H3. The van der Waals surface area contributed by atoms with Crippen LogP contribution < -0.4 is 4.90 Å². The molecule has 0 aliphatic heterocycles. The fourth-order valence-corrected chi connectivity index (χ4v) is 1.55. The summed E-state index contributed by atoms with van der Waals surface area (Å²) in [4.78, 5) is 16.2. The molecule has 0 heterocycles. The maximum absolute atomic E-state index is 11.3. The molecular formula is C12H15N3O. The molecule has 0 unspecified atom stereocenters. The quantitative estimate of drug-likeness (QED) is 0.328. The van der Waals surface area contributed by atoms with Crippen LogP contribution in [0.1, 0.15) is 24.2 Å². The third-order valence-corrected chi connectivity index (χ3v) is 2.46. The smallest absolute Gasteiger partial charge is 0.328 e. The summed E-state index contributed by atoms with van der Waals surface area (Å²) in [6, 6.07) is 7.26. The topological polar surface area (TPSA) is 56.7 Å². The molecule has 4 nitrogen and oxygen atoms in total. The van der Waals surface area contributed by atoms with Gasteiger partial charge < -0.3 is 10.4 Å². The predicted octanol–water partition coefficient (Wildman–Crippen LogP) is 2.02. The minimum absolute atomic E-state index is 0.298. The monoisotopic (exact) mass is 217 g/mol. The maximum Gasteiger partial charge on any atom is 0.328 e. The zero-order valence-electron chi connectivity index (χ0n) is 9.55. The van der Waals surface area contributed by atoms with E-state index in [9.17, 15) is 4.79 Å². The van der Waals surface area contributed by atoms with E-state index >= 15 is 0 Å². The van der Waals surface area contributed by atoms with Crippen LogP contribution in [0.25, 0.3) is 5.53 Å². The van der Waals surface area contributed by atoms with Gasteiger partial charge in [-0.25, -0.2) is 0 Å². The van der Waals surface area contributed by atoms with Crippen LogP contribution in [-0.2, 0) is 0 Å². The highest BCUT2D eigenvalue weighted by Crippen LogP contribution is 2.14. The molecule has 0 N–H and O–H groups in total. The Morgan fingerprint density at radius 2 is 1.88 bits per heavy atom. The van der Waals surface area contributed by atoms with E-state index in [0.717, 1.165) is 25.0 Å². The minimum atomic E-state index is -0.298. The Kier molecular flexibility index (Phi) is 4.42. The first kappa shape index (κ1) is 12.1. The van der Waals surface area contributed by atoms with Gasteiger partial charge in [-0.2, -0.15) is 4.79 Å². The Morgan fingerprint density at radius 1 is 1.31 bits per heavy atom. The second kappa shape index (κ2) is 5.83. The van der Waals surface area contributed by atoms with Crippen LogP contribution in [0.2, 0.25) is 0 Å². The molecule has 0 radical (unpaired) electrons. The SMILES string of the molecule is CCN(CC)c1ccc(C(=O)C=[N+]=[N-])cc1. The van der Waals surface area contributed by atoms with Crippen LogP contribution >= 0.6 is 0 Å². The highest BCUT2D eigenvalue weighted by molar-refractivity contribution is 6.33. The van der Waals surface area contributed by atoms with Gasteiger partial charge >= 0.3 is 6.21 Å². The van der Waals surface area contributed by atoms with Gasteiger partial charge in [-0.05, 0) is 38.1 Å². The molecule has 0 spiro atoms. The highest BCUT2D eigenvalue weighted by atomic mass is 16.1. The van der Waals surface area contributed by atoms with Gasteiger partial charge in [0.1, 0.15) is 0 Å². The van der Waals surface area contributed by atoms with Crippen molar-refractivity contribution in [3.8, 4) is 0 Å². The van der Waals surface area contributed by atoms with Gasteiger partial charge in [0.2, 0.25) is 0 Å². The number of carbonyl (C=O) groups is 1. The van der Waals surface area contributed by atoms with Crippen molar-refractivity contribution >= 4 is 17.7 Å². The maximum atomic E-state index is 11.3. The largest absolute Gasteiger partial charge is 0.372 e. The third-order valence-electron chi connectivity index (χ3n) is 2.46. The molecular weight excluding hydrogens is 202 g/mol. The molecule has 0 fully saturated rings. The van der Waals surface area contributed by atoms with E-state index < -0.39 is 0 Å². The van der Waals surface area contributed by atoms with Crippen LogP contribution in [0.3, 0.4) is 0 Å². The molecule has 0 aromatic heterocycles. The lowest BCUT2D eigenvalue weighted by atomic mass is 10.1. The van der Waals surface area contributed by atoms with Crippen LogP contribution in [0, 0.1) is 0 Å². The third kappa shape index (κ3) is 2.78. The van der Waals surface area contributed by atoms with Crippen molar-refractivity contribution in [1.29, 1.82) is 0 Å². The second-order valence-electron chi connectivity index (χ2n) is 3.33. The molecule has 0 aliphatic carbocycles. The van der Waals surface area contributed by atoms with E-state index in [1.807, 2.05) is 12.1 Å². The zero-order valence-corrected chi connectivity index (χ0v) is 9.55. The fraction of sp³-hybridized carbons (Fsp3) is 0.333. The number of rotatable bonds is 5.